The normalized spacial score (nSPS) is 19.2. The van der Waals surface area contributed by atoms with Gasteiger partial charge in [0.1, 0.15) is 40.4 Å². The Morgan fingerprint density at radius 1 is 0.585 bits per heavy atom. The summed E-state index contributed by atoms with van der Waals surface area (Å²) in [7, 11) is 1.65. The molecule has 2 saturated heterocycles. The first-order valence-corrected chi connectivity index (χ1v) is 52.4. The molecule has 42 heteroatoms. The zero-order valence-corrected chi connectivity index (χ0v) is 87.3. The van der Waals surface area contributed by atoms with Gasteiger partial charge in [0.2, 0.25) is 35.4 Å². The van der Waals surface area contributed by atoms with Crippen LogP contribution in [0.1, 0.15) is 213 Å². The molecule has 11 atom stereocenters. The van der Waals surface area contributed by atoms with Crippen molar-refractivity contribution in [3.8, 4) is 5.75 Å². The number of carbonyl (C=O) groups is 14. The van der Waals surface area contributed by atoms with E-state index in [4.69, 9.17) is 47.6 Å². The van der Waals surface area contributed by atoms with Gasteiger partial charge in [-0.25, -0.2) is 6.29 Å². The van der Waals surface area contributed by atoms with Crippen LogP contribution in [0, 0.1) is 29.6 Å². The van der Waals surface area contributed by atoms with Crippen molar-refractivity contribution in [2.24, 2.45) is 68.2 Å². The van der Waals surface area contributed by atoms with Crippen LogP contribution < -0.4 is 71.2 Å². The van der Waals surface area contributed by atoms with E-state index in [1.54, 1.807) is 36.2 Å². The molecule has 0 unspecified atom stereocenters. The predicted octanol–water partition coefficient (Wildman–Crippen LogP) is 5.19. The van der Waals surface area contributed by atoms with Gasteiger partial charge < -0.3 is 111 Å². The molecule has 3 rings (SSSR count). The van der Waals surface area contributed by atoms with E-state index in [2.05, 4.69) is 66.4 Å². The summed E-state index contributed by atoms with van der Waals surface area (Å²) in [5.41, 5.74) is 28.5. The van der Waals surface area contributed by atoms with Crippen LogP contribution in [0.5, 0.6) is 5.75 Å². The van der Waals surface area contributed by atoms with Crippen LogP contribution >= 0.6 is 47.0 Å². The van der Waals surface area contributed by atoms with Crippen molar-refractivity contribution in [3.63, 3.8) is 0 Å². The average molecular weight is 2050 g/mol. The third kappa shape index (κ3) is 65.2. The number of aliphatic imine (C=N–C) groups is 2. The van der Waals surface area contributed by atoms with Crippen LogP contribution in [0.2, 0.25) is 0 Å². The van der Waals surface area contributed by atoms with Crippen molar-refractivity contribution in [3.05, 3.63) is 36.0 Å². The number of nitrogens with one attached hydrogen (secondary N) is 8. The standard InChI is InChI=1S/C50H84N8O10S2.C43H75N8O10S2.H2N.Y/c1-4-35(2)42-11-5-9-38(20-24-54-47(64)21-26-68-28-27-67-25-7-10-40(60)33-69-3)46(63)32-57-43(22-29-70-34-41(61)17-19-48(65)58-42)45(62)18-14-37(8-6-23-55-50(52)53)31-56-44(49(51)66)30-36-12-15-39(59)16-13-36;1-5-31(2)42-36(54)14-13-32(10-6-7-18-46-39(57)16-22-61-24-23-60-21-9-12-34(53)29-62-4)37(55)26-49-35(17-25-63-30-41(59)47-20-15-40(58)50-42)38(56)27-51(3)33(28-52)11-8-19-48-43(44)45;;/h12-13,15-16,35,37-38,42-44,56-57,59H,4-11,14,17-34H2,1-3H3,(H2,51,66)(H,54,64)(H,58,65)(H4,52,53,55);31-33,35,42,49H,5-27,29-30H2,1-4H3,(H,46,57)(H,47,59)(H,50,58)(H4,44,45,48);1H2;/q;2*-1;/t35-,37+,38-,42+,43-,44-;31-,32+,33-,35-,42-;;/m00../s1. The van der Waals surface area contributed by atoms with Crippen LogP contribution in [-0.4, -0.2) is 312 Å². The number of rotatable bonds is 59. The maximum atomic E-state index is 14.1. The minimum Gasteiger partial charge on any atom is -0.693 e. The number of unbranched alkanes of at least 4 members (excludes halogenated alkanes) is 1. The van der Waals surface area contributed by atoms with Crippen molar-refractivity contribution in [1.82, 2.24) is 47.4 Å². The number of nitrogens with two attached hydrogens (primary N) is 6. The van der Waals surface area contributed by atoms with E-state index >= 15 is 0 Å². The number of hydrogen-bond acceptors (Lipinski definition) is 30. The molecule has 0 spiro atoms. The summed E-state index contributed by atoms with van der Waals surface area (Å²) in [6.45, 7) is 12.3. The molecule has 2 aliphatic rings. The third-order valence-corrected chi connectivity index (χ3v) is 26.4. The number of hydrogen-bond donors (Lipinski definition) is 14. The van der Waals surface area contributed by atoms with Gasteiger partial charge in [0, 0.05) is 154 Å². The molecular formula is C93H161N17O20S4Y-2. The van der Waals surface area contributed by atoms with E-state index in [0.717, 1.165) is 12.0 Å². The number of Topliss-reactive ketones (excluding diaryl/α,β-unsaturated/α-hetero) is 8. The number of nitrogens with zero attached hydrogens (tertiary/aromatic N) is 3. The first kappa shape index (κ1) is 129. The third-order valence-electron chi connectivity index (χ3n) is 23.1. The minimum absolute atomic E-state index is 0. The maximum absolute atomic E-state index is 14.1. The summed E-state index contributed by atoms with van der Waals surface area (Å²) < 4.78 is 22.1. The van der Waals surface area contributed by atoms with Gasteiger partial charge in [-0.3, -0.25) is 77.1 Å². The van der Waals surface area contributed by atoms with Crippen LogP contribution in [-0.2, 0) is 130 Å². The second-order valence-corrected chi connectivity index (χ2v) is 38.0. The quantitative estimate of drug-likeness (QED) is 0.0173. The monoisotopic (exact) mass is 2050 g/mol. The molecule has 1 radical (unpaired) electrons. The Kier molecular flexibility index (Phi) is 77.4. The maximum Gasteiger partial charge on any atom is 0.234 e. The van der Waals surface area contributed by atoms with Gasteiger partial charge in [0.15, 0.2) is 23.5 Å². The van der Waals surface area contributed by atoms with Gasteiger partial charge in [-0.05, 0) is 169 Å². The molecule has 767 valence electrons. The predicted molar refractivity (Wildman–Crippen MR) is 532 cm³/mol. The van der Waals surface area contributed by atoms with Gasteiger partial charge in [-0.1, -0.05) is 78.0 Å². The number of phenols is 1. The number of carbonyl (C=O) groups excluding carboxylic acids is 15. The number of benzene rings is 1. The largest absolute Gasteiger partial charge is 0.693 e. The van der Waals surface area contributed by atoms with E-state index in [1.165, 1.54) is 47.0 Å². The Labute approximate surface area is 843 Å². The van der Waals surface area contributed by atoms with Gasteiger partial charge in [0.25, 0.3) is 0 Å². The van der Waals surface area contributed by atoms with Crippen LogP contribution in [0.25, 0.3) is 6.15 Å². The van der Waals surface area contributed by atoms with Crippen LogP contribution in [0.15, 0.2) is 34.3 Å². The topological polar surface area (TPSA) is 601 Å². The number of likely N-dealkylation sites (N-methyl/N-ethyl adjacent to an activating group) is 1. The second kappa shape index (κ2) is 81.3. The fourth-order valence-corrected chi connectivity index (χ4v) is 17.4. The summed E-state index contributed by atoms with van der Waals surface area (Å²) in [6, 6.07) is 2.87. The fraction of sp³-hybridized carbons (Fsp3) is 0.753. The van der Waals surface area contributed by atoms with Gasteiger partial charge >= 0.3 is 0 Å². The van der Waals surface area contributed by atoms with E-state index in [0.29, 0.717) is 217 Å². The molecule has 1 aromatic carbocycles. The molecular weight excluding hydrogens is 1890 g/mol. The summed E-state index contributed by atoms with van der Waals surface area (Å²) >= 11 is 5.73. The van der Waals surface area contributed by atoms with Crippen molar-refractivity contribution in [2.45, 2.75) is 250 Å². The van der Waals surface area contributed by atoms with Crippen molar-refractivity contribution in [2.75, 3.05) is 166 Å². The Balaban J connectivity index is 0.00000264. The SMILES string of the molecule is CC[C@H](C)[C@@H]1NC(=O)CCNC(=O)CSCC[C@@H](C(=O)CN(C)[C@H]([C-]=O)CCCN=C(N)N)NCC(=O)[C@H](CCCCNC(=O)CCOCCOCCCC(=O)CSC)CCC1=O.CC[C@H](C)[C@H]1CCC[C@@H](CCNC(=O)CCOCCOCCCC(=O)CSC)C(=O)CN[C@H](C(=O)CC[C@@H](CCCN=C(N)N)CN[C@@H](Cc2ccc(O)cc2)C(N)=O)CCSCC(=O)CCC(=O)N1.[NH2-].[Y]. The summed E-state index contributed by atoms with van der Waals surface area (Å²) in [4.78, 5) is 203. The number of ketones is 8. The van der Waals surface area contributed by atoms with Gasteiger partial charge in [-0.2, -0.15) is 47.0 Å². The Morgan fingerprint density at radius 2 is 1.13 bits per heavy atom. The molecule has 2 heterocycles. The Bertz CT molecular complexity index is 3660. The molecule has 0 aliphatic carbocycles. The number of primary amides is 1. The van der Waals surface area contributed by atoms with E-state index in [9.17, 15) is 77.0 Å². The second-order valence-electron chi connectivity index (χ2n) is 34.0. The molecule has 6 amide bonds. The van der Waals surface area contributed by atoms with Gasteiger partial charge in [-0.15, -0.1) is 0 Å². The zero-order valence-electron chi connectivity index (χ0n) is 81.1. The molecule has 135 heavy (non-hydrogen) atoms. The summed E-state index contributed by atoms with van der Waals surface area (Å²) in [5.74, 6) is -0.807. The number of amides is 6. The number of phenolic OH excluding ortho intramolecular Hbond substituents is 1. The van der Waals surface area contributed by atoms with E-state index in [1.807, 2.05) is 32.6 Å². The smallest absolute Gasteiger partial charge is 0.234 e. The first-order chi connectivity index (χ1) is 63.8. The molecule has 0 bridgehead atoms. The molecule has 1 aromatic rings. The van der Waals surface area contributed by atoms with Crippen molar-refractivity contribution >= 4 is 147 Å². The number of ether oxygens (including phenoxy) is 4. The van der Waals surface area contributed by atoms with E-state index < -0.39 is 48.0 Å². The van der Waals surface area contributed by atoms with Crippen LogP contribution in [0.4, 0.5) is 0 Å². The minimum atomic E-state index is -0.764. The molecule has 0 aromatic heterocycles. The van der Waals surface area contributed by atoms with Crippen molar-refractivity contribution in [1.29, 1.82) is 0 Å². The molecule has 37 nitrogen and oxygen atoms in total. The first-order valence-electron chi connectivity index (χ1n) is 47.3. The fourth-order valence-electron chi connectivity index (χ4n) is 14.7. The number of aromatic hydroxyl groups is 1. The van der Waals surface area contributed by atoms with Crippen molar-refractivity contribution < 1.29 is 129 Å². The molecule has 2 aliphatic heterocycles. The van der Waals surface area contributed by atoms with E-state index in [-0.39, 0.29) is 265 Å². The Morgan fingerprint density at radius 3 is 1.68 bits per heavy atom. The molecule has 2 fully saturated rings. The molecule has 0 saturated carbocycles. The number of thioether (sulfide) groups is 4. The average Bonchev–Trinajstić information content (AvgIpc) is 1.41. The van der Waals surface area contributed by atoms with Gasteiger partial charge in [0.05, 0.1) is 106 Å². The van der Waals surface area contributed by atoms with Crippen LogP contribution in [0.3, 0.4) is 0 Å². The number of guanidine groups is 2. The zero-order chi connectivity index (χ0) is 98.4. The Hall–Kier alpha value is -6.45. The summed E-state index contributed by atoms with van der Waals surface area (Å²) in [5, 5.41) is 34.0. The summed E-state index contributed by atoms with van der Waals surface area (Å²) in [6.07, 6.45) is 18.1. The molecule has 21 N–H and O–H groups in total.